The molecule has 0 aliphatic heterocycles. The molecule has 1 aromatic carbocycles. The maximum atomic E-state index is 12.1. The molecule has 26 heavy (non-hydrogen) atoms. The third-order valence-electron chi connectivity index (χ3n) is 4.42. The molecule has 3 amide bonds. The highest BCUT2D eigenvalue weighted by molar-refractivity contribution is 5.94. The van der Waals surface area contributed by atoms with E-state index in [2.05, 4.69) is 15.7 Å². The quantitative estimate of drug-likeness (QED) is 0.879. The van der Waals surface area contributed by atoms with Gasteiger partial charge in [0, 0.05) is 17.7 Å². The number of aromatic nitrogens is 2. The van der Waals surface area contributed by atoms with Crippen LogP contribution in [0.5, 0.6) is 0 Å². The van der Waals surface area contributed by atoms with Crippen molar-refractivity contribution in [3.63, 3.8) is 0 Å². The van der Waals surface area contributed by atoms with Gasteiger partial charge in [0.2, 0.25) is 5.91 Å². The van der Waals surface area contributed by atoms with Crippen molar-refractivity contribution in [3.8, 4) is 11.3 Å². The van der Waals surface area contributed by atoms with Crippen LogP contribution in [0.3, 0.4) is 0 Å². The summed E-state index contributed by atoms with van der Waals surface area (Å²) in [5.41, 5.74) is 1.04. The van der Waals surface area contributed by atoms with E-state index in [0.717, 1.165) is 35.9 Å². The molecule has 0 radical (unpaired) electrons. The first-order valence-electron chi connectivity index (χ1n) is 8.86. The molecule has 2 N–H and O–H groups in total. The second-order valence-electron chi connectivity index (χ2n) is 6.44. The van der Waals surface area contributed by atoms with E-state index in [-0.39, 0.29) is 12.6 Å². The van der Waals surface area contributed by atoms with Crippen molar-refractivity contribution in [2.24, 2.45) is 0 Å². The summed E-state index contributed by atoms with van der Waals surface area (Å²) in [6.07, 6.45) is 5.23. The molecule has 0 saturated heterocycles. The molecule has 2 aromatic rings. The minimum Gasteiger partial charge on any atom is -0.335 e. The van der Waals surface area contributed by atoms with Crippen LogP contribution in [0.2, 0.25) is 0 Å². The topological polar surface area (TPSA) is 93.1 Å². The molecule has 0 unspecified atom stereocenters. The number of nitrogens with zero attached hydrogens (tertiary/aromatic N) is 2. The van der Waals surface area contributed by atoms with Crippen molar-refractivity contribution in [1.82, 2.24) is 20.4 Å². The predicted molar refractivity (Wildman–Crippen MR) is 97.5 cm³/mol. The lowest BCUT2D eigenvalue weighted by atomic mass is 9.96. The van der Waals surface area contributed by atoms with E-state index in [1.54, 1.807) is 6.07 Å². The first kappa shape index (κ1) is 17.8. The number of hydrogen-bond donors (Lipinski definition) is 2. The molecule has 1 saturated carbocycles. The number of carbonyl (C=O) groups excluding carboxylic acids is 2. The van der Waals surface area contributed by atoms with Crippen LogP contribution in [-0.4, -0.2) is 27.8 Å². The van der Waals surface area contributed by atoms with Gasteiger partial charge in [-0.1, -0.05) is 49.6 Å². The minimum atomic E-state index is -0.571. The molecule has 1 aliphatic carbocycles. The van der Waals surface area contributed by atoms with Gasteiger partial charge in [0.15, 0.2) is 0 Å². The van der Waals surface area contributed by atoms with Crippen LogP contribution < -0.4 is 16.2 Å². The fourth-order valence-electron chi connectivity index (χ4n) is 3.10. The van der Waals surface area contributed by atoms with Crippen LogP contribution in [0.15, 0.2) is 47.3 Å². The number of urea groups is 1. The number of nitrogens with one attached hydrogen (secondary N) is 2. The number of imide groups is 1. The first-order chi connectivity index (χ1) is 12.6. The van der Waals surface area contributed by atoms with Gasteiger partial charge in [-0.25, -0.2) is 9.48 Å². The van der Waals surface area contributed by atoms with E-state index in [9.17, 15) is 14.4 Å². The molecule has 1 heterocycles. The number of benzene rings is 1. The molecule has 0 atom stereocenters. The Morgan fingerprint density at radius 1 is 1.04 bits per heavy atom. The minimum absolute atomic E-state index is 0.110. The highest BCUT2D eigenvalue weighted by atomic mass is 16.2. The Morgan fingerprint density at radius 2 is 1.77 bits per heavy atom. The normalized spacial score (nSPS) is 14.6. The molecule has 7 heteroatoms. The van der Waals surface area contributed by atoms with Gasteiger partial charge in [0.1, 0.15) is 6.54 Å². The van der Waals surface area contributed by atoms with Crippen LogP contribution in [0.4, 0.5) is 4.79 Å². The van der Waals surface area contributed by atoms with Gasteiger partial charge in [-0.3, -0.25) is 14.9 Å². The van der Waals surface area contributed by atoms with Gasteiger partial charge in [0.25, 0.3) is 5.56 Å². The summed E-state index contributed by atoms with van der Waals surface area (Å²) in [5, 5.41) is 9.30. The Bertz CT molecular complexity index is 826. The molecule has 7 nitrogen and oxygen atoms in total. The van der Waals surface area contributed by atoms with Gasteiger partial charge in [-0.05, 0) is 18.9 Å². The third-order valence-corrected chi connectivity index (χ3v) is 4.42. The number of amides is 3. The van der Waals surface area contributed by atoms with Crippen LogP contribution in [0.1, 0.15) is 32.1 Å². The van der Waals surface area contributed by atoms with Crippen molar-refractivity contribution < 1.29 is 9.59 Å². The zero-order chi connectivity index (χ0) is 18.4. The van der Waals surface area contributed by atoms with Gasteiger partial charge in [-0.2, -0.15) is 5.10 Å². The van der Waals surface area contributed by atoms with E-state index >= 15 is 0 Å². The van der Waals surface area contributed by atoms with E-state index in [1.807, 2.05) is 30.3 Å². The number of hydrogen-bond acceptors (Lipinski definition) is 4. The van der Waals surface area contributed by atoms with E-state index in [1.165, 1.54) is 12.5 Å². The molecule has 0 bridgehead atoms. The summed E-state index contributed by atoms with van der Waals surface area (Å²) in [5.74, 6) is -0.571. The second kappa shape index (κ2) is 8.42. The van der Waals surface area contributed by atoms with Crippen molar-refractivity contribution in [1.29, 1.82) is 0 Å². The van der Waals surface area contributed by atoms with Gasteiger partial charge in [-0.15, -0.1) is 0 Å². The average molecular weight is 354 g/mol. The maximum Gasteiger partial charge on any atom is 0.321 e. The van der Waals surface area contributed by atoms with E-state index < -0.39 is 17.5 Å². The standard InChI is InChI=1S/C19H22N4O3/c24-17(21-19(26)20-15-9-5-2-6-10-15)13-23-18(25)12-11-16(22-23)14-7-3-1-4-8-14/h1,3-4,7-8,11-12,15H,2,5-6,9-10,13H2,(H2,20,21,24,26). The van der Waals surface area contributed by atoms with Crippen molar-refractivity contribution in [3.05, 3.63) is 52.8 Å². The largest absolute Gasteiger partial charge is 0.335 e. The van der Waals surface area contributed by atoms with Gasteiger partial charge >= 0.3 is 6.03 Å². The average Bonchev–Trinajstić information content (AvgIpc) is 2.65. The molecule has 3 rings (SSSR count). The summed E-state index contributed by atoms with van der Waals surface area (Å²) in [4.78, 5) is 36.0. The predicted octanol–water partition coefficient (Wildman–Crippen LogP) is 2.07. The SMILES string of the molecule is O=C(Cn1nc(-c2ccccc2)ccc1=O)NC(=O)NC1CCCCC1. The van der Waals surface area contributed by atoms with E-state index in [0.29, 0.717) is 5.69 Å². The number of carbonyl (C=O) groups is 2. The Kier molecular flexibility index (Phi) is 5.78. The molecule has 1 aliphatic rings. The Morgan fingerprint density at radius 3 is 2.50 bits per heavy atom. The zero-order valence-electron chi connectivity index (χ0n) is 14.5. The molecular formula is C19H22N4O3. The lowest BCUT2D eigenvalue weighted by Gasteiger charge is -2.22. The van der Waals surface area contributed by atoms with Crippen molar-refractivity contribution in [2.45, 2.75) is 44.7 Å². The molecule has 136 valence electrons. The molecule has 1 aromatic heterocycles. The van der Waals surface area contributed by atoms with Crippen molar-refractivity contribution in [2.75, 3.05) is 0 Å². The zero-order valence-corrected chi connectivity index (χ0v) is 14.5. The Labute approximate surface area is 151 Å². The summed E-state index contributed by atoms with van der Waals surface area (Å²) >= 11 is 0. The van der Waals surface area contributed by atoms with Crippen molar-refractivity contribution >= 4 is 11.9 Å². The highest BCUT2D eigenvalue weighted by Gasteiger charge is 2.17. The fraction of sp³-hybridized carbons (Fsp3) is 0.368. The molecular weight excluding hydrogens is 332 g/mol. The third kappa shape index (κ3) is 4.78. The van der Waals surface area contributed by atoms with Gasteiger partial charge in [0.05, 0.1) is 5.69 Å². The molecule has 0 spiro atoms. The summed E-state index contributed by atoms with van der Waals surface area (Å²) in [6.45, 7) is -0.308. The highest BCUT2D eigenvalue weighted by Crippen LogP contribution is 2.17. The Hall–Kier alpha value is -2.96. The summed E-state index contributed by atoms with van der Waals surface area (Å²) in [6, 6.07) is 11.9. The fourth-order valence-corrected chi connectivity index (χ4v) is 3.10. The summed E-state index contributed by atoms with van der Waals surface area (Å²) < 4.78 is 1.06. The van der Waals surface area contributed by atoms with Crippen LogP contribution in [0, 0.1) is 0 Å². The monoisotopic (exact) mass is 354 g/mol. The number of rotatable bonds is 4. The lowest BCUT2D eigenvalue weighted by Crippen LogP contribution is -2.46. The van der Waals surface area contributed by atoms with Gasteiger partial charge < -0.3 is 5.32 Å². The first-order valence-corrected chi connectivity index (χ1v) is 8.86. The lowest BCUT2D eigenvalue weighted by molar-refractivity contribution is -0.120. The van der Waals surface area contributed by atoms with E-state index in [4.69, 9.17) is 0 Å². The molecule has 1 fully saturated rings. The maximum absolute atomic E-state index is 12.1. The Balaban J connectivity index is 1.61. The van der Waals surface area contributed by atoms with Crippen LogP contribution in [-0.2, 0) is 11.3 Å². The summed E-state index contributed by atoms with van der Waals surface area (Å²) in [7, 11) is 0. The second-order valence-corrected chi connectivity index (χ2v) is 6.44. The van der Waals surface area contributed by atoms with Crippen LogP contribution >= 0.6 is 0 Å². The van der Waals surface area contributed by atoms with Crippen LogP contribution in [0.25, 0.3) is 11.3 Å². The smallest absolute Gasteiger partial charge is 0.321 e.